The van der Waals surface area contributed by atoms with E-state index in [4.69, 9.17) is 5.11 Å². The number of anilines is 1. The number of rotatable bonds is 3. The van der Waals surface area contributed by atoms with Crippen molar-refractivity contribution in [2.75, 3.05) is 11.4 Å². The van der Waals surface area contributed by atoms with Crippen LogP contribution in [0.2, 0.25) is 0 Å². The number of para-hydroxylation sites is 1. The van der Waals surface area contributed by atoms with E-state index in [-0.39, 0.29) is 6.54 Å². The Bertz CT molecular complexity index is 548. The van der Waals surface area contributed by atoms with E-state index in [9.17, 15) is 14.4 Å². The number of carbonyl (C=O) groups excluding carboxylic acids is 2. The van der Waals surface area contributed by atoms with Gasteiger partial charge in [-0.25, -0.2) is 0 Å². The minimum Gasteiger partial charge on any atom is -0.481 e. The van der Waals surface area contributed by atoms with Crippen molar-refractivity contribution in [2.24, 2.45) is 5.41 Å². The molecule has 1 aliphatic rings. The van der Waals surface area contributed by atoms with E-state index >= 15 is 0 Å². The van der Waals surface area contributed by atoms with E-state index in [0.29, 0.717) is 11.3 Å². The number of carboxylic acids is 1. The highest BCUT2D eigenvalue weighted by molar-refractivity contribution is 6.52. The largest absolute Gasteiger partial charge is 0.481 e. The molecule has 1 aromatic rings. The van der Waals surface area contributed by atoms with Gasteiger partial charge in [0.15, 0.2) is 0 Å². The Kier molecular flexibility index (Phi) is 2.69. The lowest BCUT2D eigenvalue weighted by molar-refractivity contribution is -0.146. The molecule has 5 heteroatoms. The third kappa shape index (κ3) is 1.77. The number of carboxylic acid groups (broad SMARTS) is 1. The summed E-state index contributed by atoms with van der Waals surface area (Å²) in [5.74, 6) is -2.25. The topological polar surface area (TPSA) is 74.7 Å². The molecule has 1 amide bonds. The van der Waals surface area contributed by atoms with Crippen LogP contribution in [0.3, 0.4) is 0 Å². The maximum atomic E-state index is 11.8. The second-order valence-electron chi connectivity index (χ2n) is 4.93. The molecule has 0 radical (unpaired) electrons. The third-order valence-corrected chi connectivity index (χ3v) is 3.01. The van der Waals surface area contributed by atoms with Gasteiger partial charge in [-0.3, -0.25) is 14.4 Å². The van der Waals surface area contributed by atoms with E-state index in [0.717, 1.165) is 0 Å². The van der Waals surface area contributed by atoms with E-state index in [2.05, 4.69) is 0 Å². The Hall–Kier alpha value is -2.17. The first-order valence-electron chi connectivity index (χ1n) is 5.53. The fraction of sp³-hybridized carbons (Fsp3) is 0.308. The summed E-state index contributed by atoms with van der Waals surface area (Å²) in [6, 6.07) is 6.61. The van der Waals surface area contributed by atoms with Gasteiger partial charge in [0.1, 0.15) is 0 Å². The zero-order valence-corrected chi connectivity index (χ0v) is 10.1. The molecule has 94 valence electrons. The van der Waals surface area contributed by atoms with Crippen LogP contribution in [0.4, 0.5) is 5.69 Å². The van der Waals surface area contributed by atoms with Gasteiger partial charge in [-0.15, -0.1) is 0 Å². The highest BCUT2D eigenvalue weighted by Crippen LogP contribution is 2.31. The monoisotopic (exact) mass is 247 g/mol. The van der Waals surface area contributed by atoms with Gasteiger partial charge in [-0.2, -0.15) is 0 Å². The number of ketones is 1. The molecule has 0 aromatic heterocycles. The molecule has 0 atom stereocenters. The van der Waals surface area contributed by atoms with Crippen molar-refractivity contribution in [3.8, 4) is 0 Å². The van der Waals surface area contributed by atoms with E-state index in [1.807, 2.05) is 0 Å². The predicted octanol–water partition coefficient (Wildman–Crippen LogP) is 1.33. The number of carbonyl (C=O) groups is 3. The minimum absolute atomic E-state index is 0.0239. The molecule has 1 heterocycles. The first kappa shape index (κ1) is 12.3. The molecule has 0 spiro atoms. The number of nitrogens with zero attached hydrogens (tertiary/aromatic N) is 1. The molecule has 1 aromatic carbocycles. The highest BCUT2D eigenvalue weighted by atomic mass is 16.4. The van der Waals surface area contributed by atoms with Crippen LogP contribution in [0.1, 0.15) is 24.2 Å². The van der Waals surface area contributed by atoms with Gasteiger partial charge < -0.3 is 10.0 Å². The van der Waals surface area contributed by atoms with E-state index < -0.39 is 23.1 Å². The summed E-state index contributed by atoms with van der Waals surface area (Å²) in [6.45, 7) is 3.02. The Balaban J connectivity index is 2.39. The zero-order valence-electron chi connectivity index (χ0n) is 10.1. The van der Waals surface area contributed by atoms with Crippen LogP contribution in [0.5, 0.6) is 0 Å². The van der Waals surface area contributed by atoms with E-state index in [1.54, 1.807) is 24.3 Å². The zero-order chi connectivity index (χ0) is 13.5. The maximum absolute atomic E-state index is 11.8. The average Bonchev–Trinajstić information content (AvgIpc) is 2.55. The number of fused-ring (bicyclic) bond motifs is 1. The lowest BCUT2D eigenvalue weighted by Crippen LogP contribution is -2.41. The van der Waals surface area contributed by atoms with Gasteiger partial charge in [0, 0.05) is 6.54 Å². The Labute approximate surface area is 104 Å². The molecule has 0 bridgehead atoms. The summed E-state index contributed by atoms with van der Waals surface area (Å²) >= 11 is 0. The summed E-state index contributed by atoms with van der Waals surface area (Å²) in [4.78, 5) is 35.9. The standard InChI is InChI=1S/C13H13NO4/c1-13(2,12(17)18)7-14-9-6-4-3-5-8(9)10(15)11(14)16/h3-6H,7H2,1-2H3,(H,17,18). The molecular weight excluding hydrogens is 234 g/mol. The van der Waals surface area contributed by atoms with E-state index in [1.165, 1.54) is 18.7 Å². The van der Waals surface area contributed by atoms with Gasteiger partial charge in [0.2, 0.25) is 0 Å². The first-order chi connectivity index (χ1) is 8.34. The van der Waals surface area contributed by atoms with Crippen LogP contribution < -0.4 is 4.90 Å². The molecular formula is C13H13NO4. The Morgan fingerprint density at radius 1 is 1.28 bits per heavy atom. The normalized spacial score (nSPS) is 14.9. The van der Waals surface area contributed by atoms with Crippen molar-refractivity contribution >= 4 is 23.3 Å². The van der Waals surface area contributed by atoms with Gasteiger partial charge in [-0.05, 0) is 26.0 Å². The summed E-state index contributed by atoms with van der Waals surface area (Å²) in [5, 5.41) is 9.08. The van der Waals surface area contributed by atoms with Crippen molar-refractivity contribution in [1.29, 1.82) is 0 Å². The summed E-state index contributed by atoms with van der Waals surface area (Å²) in [7, 11) is 0. The number of aliphatic carboxylic acids is 1. The van der Waals surface area contributed by atoms with Crippen molar-refractivity contribution < 1.29 is 19.5 Å². The van der Waals surface area contributed by atoms with Crippen LogP contribution in [-0.2, 0) is 9.59 Å². The molecule has 18 heavy (non-hydrogen) atoms. The number of amides is 1. The van der Waals surface area contributed by atoms with Crippen LogP contribution in [0.25, 0.3) is 0 Å². The molecule has 0 aliphatic carbocycles. The smallest absolute Gasteiger partial charge is 0.310 e. The number of hydrogen-bond donors (Lipinski definition) is 1. The number of Topliss-reactive ketones (excluding diaryl/α,β-unsaturated/α-hetero) is 1. The highest BCUT2D eigenvalue weighted by Gasteiger charge is 2.40. The van der Waals surface area contributed by atoms with Gasteiger partial charge >= 0.3 is 5.97 Å². The fourth-order valence-electron chi connectivity index (χ4n) is 1.87. The molecule has 0 saturated carbocycles. The van der Waals surface area contributed by atoms with Crippen LogP contribution >= 0.6 is 0 Å². The lowest BCUT2D eigenvalue weighted by atomic mass is 9.93. The molecule has 0 unspecified atom stereocenters. The molecule has 0 fully saturated rings. The van der Waals surface area contributed by atoms with Crippen molar-refractivity contribution in [1.82, 2.24) is 0 Å². The van der Waals surface area contributed by atoms with Gasteiger partial charge in [0.25, 0.3) is 11.7 Å². The fourth-order valence-corrected chi connectivity index (χ4v) is 1.87. The first-order valence-corrected chi connectivity index (χ1v) is 5.53. The quantitative estimate of drug-likeness (QED) is 0.817. The van der Waals surface area contributed by atoms with Crippen LogP contribution in [-0.4, -0.2) is 29.3 Å². The average molecular weight is 247 g/mol. The summed E-state index contributed by atoms with van der Waals surface area (Å²) in [5.41, 5.74) is -0.279. The van der Waals surface area contributed by atoms with Gasteiger partial charge in [-0.1, -0.05) is 12.1 Å². The molecule has 2 rings (SSSR count). The van der Waals surface area contributed by atoms with Gasteiger partial charge in [0.05, 0.1) is 16.7 Å². The number of hydrogen-bond acceptors (Lipinski definition) is 3. The van der Waals surface area contributed by atoms with Crippen molar-refractivity contribution in [3.63, 3.8) is 0 Å². The maximum Gasteiger partial charge on any atom is 0.310 e. The van der Waals surface area contributed by atoms with Crippen molar-refractivity contribution in [2.45, 2.75) is 13.8 Å². The second-order valence-corrected chi connectivity index (χ2v) is 4.93. The lowest BCUT2D eigenvalue weighted by Gasteiger charge is -2.26. The van der Waals surface area contributed by atoms with Crippen LogP contribution in [0.15, 0.2) is 24.3 Å². The molecule has 5 nitrogen and oxygen atoms in total. The Morgan fingerprint density at radius 3 is 2.50 bits per heavy atom. The third-order valence-electron chi connectivity index (χ3n) is 3.01. The molecule has 0 saturated heterocycles. The summed E-state index contributed by atoms with van der Waals surface area (Å²) in [6.07, 6.45) is 0. The predicted molar refractivity (Wildman–Crippen MR) is 64.5 cm³/mol. The minimum atomic E-state index is -1.10. The molecule has 1 aliphatic heterocycles. The van der Waals surface area contributed by atoms with Crippen LogP contribution in [0, 0.1) is 5.41 Å². The molecule has 1 N–H and O–H groups in total. The SMILES string of the molecule is CC(C)(CN1C(=O)C(=O)c2ccccc21)C(=O)O. The second kappa shape index (κ2) is 3.94. The number of benzene rings is 1. The van der Waals surface area contributed by atoms with Crippen molar-refractivity contribution in [3.05, 3.63) is 29.8 Å². The summed E-state index contributed by atoms with van der Waals surface area (Å²) < 4.78 is 0. The Morgan fingerprint density at radius 2 is 1.89 bits per heavy atom.